The minimum atomic E-state index is 0.392. The summed E-state index contributed by atoms with van der Waals surface area (Å²) in [7, 11) is 0. The highest BCUT2D eigenvalue weighted by Crippen LogP contribution is 2.10. The third kappa shape index (κ3) is 2.45. The van der Waals surface area contributed by atoms with Crippen molar-refractivity contribution in [3.05, 3.63) is 25.4 Å². The summed E-state index contributed by atoms with van der Waals surface area (Å²) in [5, 5.41) is 0. The fraction of sp³-hybridized carbons (Fsp3) is 0.545. The fourth-order valence-electron chi connectivity index (χ4n) is 1.82. The van der Waals surface area contributed by atoms with Gasteiger partial charge in [0.05, 0.1) is 0 Å². The lowest BCUT2D eigenvalue weighted by Crippen LogP contribution is -2.49. The molecule has 1 aromatic rings. The van der Waals surface area contributed by atoms with Crippen LogP contribution in [0, 0.1) is 6.92 Å². The second-order valence-corrected chi connectivity index (χ2v) is 3.92. The van der Waals surface area contributed by atoms with E-state index in [1.54, 1.807) is 12.4 Å². The van der Waals surface area contributed by atoms with Crippen molar-refractivity contribution in [3.63, 3.8) is 0 Å². The van der Waals surface area contributed by atoms with Crippen molar-refractivity contribution in [2.45, 2.75) is 13.0 Å². The minimum Gasteiger partial charge on any atom is -0.338 e. The third-order valence-electron chi connectivity index (χ3n) is 2.77. The molecule has 0 spiro atoms. The zero-order valence-corrected chi connectivity index (χ0v) is 9.13. The molecule has 4 nitrogen and oxygen atoms in total. The summed E-state index contributed by atoms with van der Waals surface area (Å²) in [6, 6.07) is 2.24. The van der Waals surface area contributed by atoms with Crippen molar-refractivity contribution in [1.29, 1.82) is 0 Å². The topological polar surface area (TPSA) is 32.3 Å². The molecule has 2 heterocycles. The highest BCUT2D eigenvalue weighted by atomic mass is 15.3. The van der Waals surface area contributed by atoms with Gasteiger partial charge in [-0.2, -0.15) is 0 Å². The van der Waals surface area contributed by atoms with Gasteiger partial charge >= 0.3 is 0 Å². The highest BCUT2D eigenvalue weighted by Gasteiger charge is 2.19. The van der Waals surface area contributed by atoms with E-state index in [0.29, 0.717) is 6.04 Å². The molecule has 0 N–H and O–H groups in total. The standard InChI is InChI=1S/C11H17N4/c1-10(2)14-6-8-15(9-7-14)11-12-4-3-5-13-11/h3-5,10H,1,6-9H2,2H3. The van der Waals surface area contributed by atoms with Crippen LogP contribution in [0.2, 0.25) is 0 Å². The molecule has 0 aliphatic carbocycles. The number of rotatable bonds is 2. The Morgan fingerprint density at radius 2 is 1.80 bits per heavy atom. The minimum absolute atomic E-state index is 0.392. The molecule has 81 valence electrons. The van der Waals surface area contributed by atoms with Crippen molar-refractivity contribution in [3.8, 4) is 0 Å². The van der Waals surface area contributed by atoms with Gasteiger partial charge in [0.25, 0.3) is 0 Å². The number of nitrogens with zero attached hydrogens (tertiary/aromatic N) is 4. The Hall–Kier alpha value is -1.16. The summed E-state index contributed by atoms with van der Waals surface area (Å²) >= 11 is 0. The van der Waals surface area contributed by atoms with Crippen LogP contribution in [0.15, 0.2) is 18.5 Å². The molecule has 1 atom stereocenters. The first kappa shape index (κ1) is 10.4. The van der Waals surface area contributed by atoms with Crippen molar-refractivity contribution >= 4 is 5.95 Å². The van der Waals surface area contributed by atoms with Gasteiger partial charge in [0.2, 0.25) is 5.95 Å². The fourth-order valence-corrected chi connectivity index (χ4v) is 1.82. The average molecular weight is 205 g/mol. The summed E-state index contributed by atoms with van der Waals surface area (Å²) in [5.41, 5.74) is 0. The van der Waals surface area contributed by atoms with Crippen LogP contribution in [-0.2, 0) is 0 Å². The summed E-state index contributed by atoms with van der Waals surface area (Å²) in [6.07, 6.45) is 3.58. The first-order valence-corrected chi connectivity index (χ1v) is 5.36. The number of anilines is 1. The van der Waals surface area contributed by atoms with Gasteiger partial charge in [-0.05, 0) is 19.9 Å². The van der Waals surface area contributed by atoms with Crippen molar-refractivity contribution in [2.75, 3.05) is 31.1 Å². The Morgan fingerprint density at radius 3 is 2.33 bits per heavy atom. The van der Waals surface area contributed by atoms with Crippen molar-refractivity contribution in [1.82, 2.24) is 14.9 Å². The van der Waals surface area contributed by atoms with Crippen LogP contribution in [0.1, 0.15) is 6.92 Å². The molecule has 4 heteroatoms. The summed E-state index contributed by atoms with van der Waals surface area (Å²) in [4.78, 5) is 13.1. The molecule has 0 amide bonds. The predicted molar refractivity (Wildman–Crippen MR) is 60.6 cm³/mol. The Kier molecular flexibility index (Phi) is 3.16. The van der Waals surface area contributed by atoms with Gasteiger partial charge in [-0.3, -0.25) is 4.90 Å². The van der Waals surface area contributed by atoms with Crippen LogP contribution < -0.4 is 4.90 Å². The van der Waals surface area contributed by atoms with Crippen LogP contribution in [0.5, 0.6) is 0 Å². The van der Waals surface area contributed by atoms with E-state index >= 15 is 0 Å². The molecule has 1 saturated heterocycles. The Labute approximate surface area is 90.9 Å². The molecule has 2 rings (SSSR count). The number of hydrogen-bond acceptors (Lipinski definition) is 4. The second-order valence-electron chi connectivity index (χ2n) is 3.92. The summed E-state index contributed by atoms with van der Waals surface area (Å²) < 4.78 is 0. The maximum absolute atomic E-state index is 4.25. The quantitative estimate of drug-likeness (QED) is 0.715. The van der Waals surface area contributed by atoms with E-state index in [0.717, 1.165) is 32.1 Å². The Bertz CT molecular complexity index is 291. The number of piperazine rings is 1. The molecule has 1 unspecified atom stereocenters. The molecule has 0 aromatic carbocycles. The Morgan fingerprint density at radius 1 is 1.20 bits per heavy atom. The van der Waals surface area contributed by atoms with E-state index in [4.69, 9.17) is 0 Å². The van der Waals surface area contributed by atoms with Crippen LogP contribution in [0.25, 0.3) is 0 Å². The normalized spacial score (nSPS) is 18.5. The van der Waals surface area contributed by atoms with Crippen molar-refractivity contribution in [2.24, 2.45) is 0 Å². The summed E-state index contributed by atoms with van der Waals surface area (Å²) in [6.45, 7) is 10.2. The van der Waals surface area contributed by atoms with Gasteiger partial charge in [0.1, 0.15) is 0 Å². The van der Waals surface area contributed by atoms with E-state index in [-0.39, 0.29) is 0 Å². The first-order valence-electron chi connectivity index (χ1n) is 5.36. The van der Waals surface area contributed by atoms with E-state index in [9.17, 15) is 0 Å². The Balaban J connectivity index is 1.94. The lowest BCUT2D eigenvalue weighted by atomic mass is 10.2. The van der Waals surface area contributed by atoms with Gasteiger partial charge in [-0.15, -0.1) is 0 Å². The van der Waals surface area contributed by atoms with Gasteiger partial charge in [-0.1, -0.05) is 0 Å². The molecular formula is C11H17N4. The largest absolute Gasteiger partial charge is 0.338 e. The van der Waals surface area contributed by atoms with Crippen LogP contribution >= 0.6 is 0 Å². The molecule has 15 heavy (non-hydrogen) atoms. The zero-order valence-electron chi connectivity index (χ0n) is 9.13. The maximum atomic E-state index is 4.25. The SMILES string of the molecule is [CH2]C(C)N1CCN(c2ncccn2)CC1. The van der Waals surface area contributed by atoms with E-state index in [1.165, 1.54) is 0 Å². The van der Waals surface area contributed by atoms with E-state index in [1.807, 2.05) is 6.07 Å². The predicted octanol–water partition coefficient (Wildman–Crippen LogP) is 0.821. The van der Waals surface area contributed by atoms with Gasteiger partial charge < -0.3 is 4.90 Å². The molecule has 1 radical (unpaired) electrons. The van der Waals surface area contributed by atoms with Crippen LogP contribution in [-0.4, -0.2) is 47.1 Å². The van der Waals surface area contributed by atoms with E-state index < -0.39 is 0 Å². The second kappa shape index (κ2) is 4.57. The molecule has 1 aliphatic rings. The molecule has 1 aromatic heterocycles. The monoisotopic (exact) mass is 205 g/mol. The zero-order chi connectivity index (χ0) is 10.7. The van der Waals surface area contributed by atoms with Crippen LogP contribution in [0.3, 0.4) is 0 Å². The molecule has 0 bridgehead atoms. The maximum Gasteiger partial charge on any atom is 0.225 e. The molecule has 1 fully saturated rings. The molecule has 1 aliphatic heterocycles. The molecular weight excluding hydrogens is 188 g/mol. The molecule has 0 saturated carbocycles. The van der Waals surface area contributed by atoms with Gasteiger partial charge in [-0.25, -0.2) is 9.97 Å². The summed E-state index contributed by atoms with van der Waals surface area (Å²) in [5.74, 6) is 0.842. The van der Waals surface area contributed by atoms with Crippen molar-refractivity contribution < 1.29 is 0 Å². The van der Waals surface area contributed by atoms with Gasteiger partial charge in [0.15, 0.2) is 0 Å². The highest BCUT2D eigenvalue weighted by molar-refractivity contribution is 5.29. The number of aromatic nitrogens is 2. The van der Waals surface area contributed by atoms with Gasteiger partial charge in [0, 0.05) is 44.6 Å². The lowest BCUT2D eigenvalue weighted by Gasteiger charge is -2.36. The smallest absolute Gasteiger partial charge is 0.225 e. The number of hydrogen-bond donors (Lipinski definition) is 0. The van der Waals surface area contributed by atoms with E-state index in [2.05, 4.69) is 33.6 Å². The first-order chi connectivity index (χ1) is 7.27. The lowest BCUT2D eigenvalue weighted by molar-refractivity contribution is 0.225. The van der Waals surface area contributed by atoms with Crippen LogP contribution in [0.4, 0.5) is 5.95 Å². The third-order valence-corrected chi connectivity index (χ3v) is 2.77. The average Bonchev–Trinajstić information content (AvgIpc) is 2.30.